The Labute approximate surface area is 181 Å². The van der Waals surface area contributed by atoms with Crippen molar-refractivity contribution in [3.63, 3.8) is 0 Å². The van der Waals surface area contributed by atoms with Crippen molar-refractivity contribution < 1.29 is 27.8 Å². The fourth-order valence-electron chi connectivity index (χ4n) is 3.67. The maximum Gasteiger partial charge on any atom is 0.282 e. The molecule has 160 valence electrons. The molecule has 0 fully saturated rings. The molecule has 5 rings (SSSR count). The monoisotopic (exact) mass is 434 g/mol. The number of fused-ring (bicyclic) bond motifs is 1. The Balaban J connectivity index is 1.59. The minimum atomic E-state index is -1.01. The number of rotatable bonds is 4. The van der Waals surface area contributed by atoms with Crippen LogP contribution in [0.5, 0.6) is 11.5 Å². The summed E-state index contributed by atoms with van der Waals surface area (Å²) in [5.74, 6) is -2.22. The lowest BCUT2D eigenvalue weighted by molar-refractivity contribution is -0.120. The van der Waals surface area contributed by atoms with E-state index in [1.165, 1.54) is 0 Å². The van der Waals surface area contributed by atoms with E-state index in [9.17, 15) is 18.4 Å². The average molecular weight is 434 g/mol. The summed E-state index contributed by atoms with van der Waals surface area (Å²) in [5.41, 5.74) is 0.695. The Kier molecular flexibility index (Phi) is 4.82. The van der Waals surface area contributed by atoms with Crippen LogP contribution in [0.25, 0.3) is 5.57 Å². The van der Waals surface area contributed by atoms with E-state index in [4.69, 9.17) is 9.47 Å². The standard InChI is InChI=1S/C24H16F2N2O4/c25-15-6-8-18(17(26)12-15)28-23(29)21(14-4-2-1-3-5-14)22(24(28)30)27-16-7-9-19-20(13-16)32-11-10-31-19/h1-9,12-13,27H,10-11H2. The molecule has 2 aliphatic rings. The minimum absolute atomic E-state index is 0.0263. The number of ether oxygens (including phenoxy) is 2. The molecule has 0 radical (unpaired) electrons. The van der Waals surface area contributed by atoms with Crippen LogP contribution in [-0.4, -0.2) is 25.0 Å². The summed E-state index contributed by atoms with van der Waals surface area (Å²) in [4.78, 5) is 27.3. The van der Waals surface area contributed by atoms with Crippen molar-refractivity contribution in [3.8, 4) is 11.5 Å². The van der Waals surface area contributed by atoms with E-state index in [1.807, 2.05) is 0 Å². The normalized spacial score (nSPS) is 15.4. The van der Waals surface area contributed by atoms with E-state index in [2.05, 4.69) is 5.32 Å². The Hall–Kier alpha value is -4.20. The number of amides is 2. The van der Waals surface area contributed by atoms with E-state index in [0.29, 0.717) is 46.9 Å². The summed E-state index contributed by atoms with van der Waals surface area (Å²) in [6.45, 7) is 0.831. The first kappa shape index (κ1) is 19.7. The number of anilines is 2. The summed E-state index contributed by atoms with van der Waals surface area (Å²) in [7, 11) is 0. The molecule has 0 aromatic heterocycles. The fourth-order valence-corrected chi connectivity index (χ4v) is 3.67. The maximum atomic E-state index is 14.5. The second-order valence-corrected chi connectivity index (χ2v) is 7.14. The lowest BCUT2D eigenvalue weighted by Gasteiger charge is -2.19. The molecule has 2 heterocycles. The Morgan fingerprint density at radius 2 is 1.56 bits per heavy atom. The van der Waals surface area contributed by atoms with Gasteiger partial charge in [0.25, 0.3) is 11.8 Å². The Bertz CT molecular complexity index is 1270. The molecule has 3 aromatic carbocycles. The van der Waals surface area contributed by atoms with Gasteiger partial charge in [0, 0.05) is 17.8 Å². The van der Waals surface area contributed by atoms with Crippen LogP contribution in [0.15, 0.2) is 72.4 Å². The van der Waals surface area contributed by atoms with Gasteiger partial charge in [-0.05, 0) is 29.8 Å². The van der Waals surface area contributed by atoms with Gasteiger partial charge < -0.3 is 14.8 Å². The highest BCUT2D eigenvalue weighted by atomic mass is 19.1. The molecule has 0 saturated carbocycles. The van der Waals surface area contributed by atoms with Crippen LogP contribution in [0.3, 0.4) is 0 Å². The summed E-state index contributed by atoms with van der Waals surface area (Å²) in [6, 6.07) is 16.3. The quantitative estimate of drug-likeness (QED) is 0.626. The largest absolute Gasteiger partial charge is 0.486 e. The molecule has 6 nitrogen and oxygen atoms in total. The zero-order valence-corrected chi connectivity index (χ0v) is 16.6. The van der Waals surface area contributed by atoms with E-state index >= 15 is 0 Å². The van der Waals surface area contributed by atoms with Gasteiger partial charge in [0.15, 0.2) is 11.5 Å². The number of imide groups is 1. The first-order valence-electron chi connectivity index (χ1n) is 9.83. The van der Waals surface area contributed by atoms with E-state index in [1.54, 1.807) is 48.5 Å². The number of carbonyl (C=O) groups excluding carboxylic acids is 2. The molecule has 8 heteroatoms. The van der Waals surface area contributed by atoms with Crippen molar-refractivity contribution in [1.29, 1.82) is 0 Å². The van der Waals surface area contributed by atoms with Crippen molar-refractivity contribution >= 4 is 28.8 Å². The van der Waals surface area contributed by atoms with Crippen LogP contribution in [-0.2, 0) is 9.59 Å². The average Bonchev–Trinajstić information content (AvgIpc) is 3.04. The third kappa shape index (κ3) is 3.35. The zero-order chi connectivity index (χ0) is 22.2. The molecule has 3 aromatic rings. The number of benzene rings is 3. The highest BCUT2D eigenvalue weighted by Crippen LogP contribution is 2.37. The Morgan fingerprint density at radius 3 is 2.31 bits per heavy atom. The third-order valence-corrected chi connectivity index (χ3v) is 5.11. The van der Waals surface area contributed by atoms with Crippen molar-refractivity contribution in [1.82, 2.24) is 0 Å². The number of nitrogens with one attached hydrogen (secondary N) is 1. The van der Waals surface area contributed by atoms with Gasteiger partial charge in [-0.25, -0.2) is 13.7 Å². The number of hydrogen-bond donors (Lipinski definition) is 1. The van der Waals surface area contributed by atoms with Crippen LogP contribution in [0.2, 0.25) is 0 Å². The van der Waals surface area contributed by atoms with Gasteiger partial charge in [0.2, 0.25) is 0 Å². The summed E-state index contributed by atoms with van der Waals surface area (Å²) < 4.78 is 39.0. The zero-order valence-electron chi connectivity index (χ0n) is 16.6. The van der Waals surface area contributed by atoms with Crippen LogP contribution >= 0.6 is 0 Å². The molecule has 0 unspecified atom stereocenters. The number of hydrogen-bond acceptors (Lipinski definition) is 5. The SMILES string of the molecule is O=C1C(Nc2ccc3c(c2)OCCO3)=C(c2ccccc2)C(=O)N1c1ccc(F)cc1F. The van der Waals surface area contributed by atoms with Crippen molar-refractivity contribution in [2.24, 2.45) is 0 Å². The van der Waals surface area contributed by atoms with Crippen molar-refractivity contribution in [2.75, 3.05) is 23.4 Å². The maximum absolute atomic E-state index is 14.5. The molecule has 32 heavy (non-hydrogen) atoms. The smallest absolute Gasteiger partial charge is 0.282 e. The van der Waals surface area contributed by atoms with Gasteiger partial charge in [-0.2, -0.15) is 0 Å². The molecule has 2 amide bonds. The van der Waals surface area contributed by atoms with Gasteiger partial charge in [-0.3, -0.25) is 9.59 Å². The van der Waals surface area contributed by atoms with E-state index in [-0.39, 0.29) is 17.0 Å². The minimum Gasteiger partial charge on any atom is -0.486 e. The second kappa shape index (κ2) is 7.81. The lowest BCUT2D eigenvalue weighted by atomic mass is 10.0. The predicted octanol–water partition coefficient (Wildman–Crippen LogP) is 4.13. The molecular weight excluding hydrogens is 418 g/mol. The number of carbonyl (C=O) groups is 2. The predicted molar refractivity (Wildman–Crippen MR) is 113 cm³/mol. The molecular formula is C24H16F2N2O4. The first-order valence-corrected chi connectivity index (χ1v) is 9.83. The molecule has 0 saturated heterocycles. The van der Waals surface area contributed by atoms with E-state index < -0.39 is 23.4 Å². The van der Waals surface area contributed by atoms with Gasteiger partial charge in [-0.1, -0.05) is 30.3 Å². The number of nitrogens with zero attached hydrogens (tertiary/aromatic N) is 1. The lowest BCUT2D eigenvalue weighted by Crippen LogP contribution is -2.33. The topological polar surface area (TPSA) is 67.9 Å². The first-order chi connectivity index (χ1) is 15.5. The summed E-state index contributed by atoms with van der Waals surface area (Å²) in [5, 5.41) is 2.99. The van der Waals surface area contributed by atoms with Gasteiger partial charge in [0.1, 0.15) is 30.5 Å². The molecule has 0 spiro atoms. The molecule has 0 atom stereocenters. The van der Waals surface area contributed by atoms with Crippen molar-refractivity contribution in [2.45, 2.75) is 0 Å². The van der Waals surface area contributed by atoms with Crippen LogP contribution in [0.1, 0.15) is 5.56 Å². The summed E-state index contributed by atoms with van der Waals surface area (Å²) >= 11 is 0. The van der Waals surface area contributed by atoms with Gasteiger partial charge in [0.05, 0.1) is 11.3 Å². The molecule has 0 bridgehead atoms. The summed E-state index contributed by atoms with van der Waals surface area (Å²) in [6.07, 6.45) is 0. The van der Waals surface area contributed by atoms with Gasteiger partial charge in [-0.15, -0.1) is 0 Å². The number of halogens is 2. The molecule has 1 N–H and O–H groups in total. The van der Waals surface area contributed by atoms with Crippen LogP contribution < -0.4 is 19.7 Å². The highest BCUT2D eigenvalue weighted by molar-refractivity contribution is 6.46. The van der Waals surface area contributed by atoms with Crippen LogP contribution in [0.4, 0.5) is 20.2 Å². The van der Waals surface area contributed by atoms with Crippen LogP contribution in [0, 0.1) is 11.6 Å². The van der Waals surface area contributed by atoms with E-state index in [0.717, 1.165) is 12.1 Å². The third-order valence-electron chi connectivity index (χ3n) is 5.11. The fraction of sp³-hybridized carbons (Fsp3) is 0.0833. The Morgan fingerprint density at radius 1 is 0.812 bits per heavy atom. The van der Waals surface area contributed by atoms with Crippen molar-refractivity contribution in [3.05, 3.63) is 89.6 Å². The molecule has 0 aliphatic carbocycles. The van der Waals surface area contributed by atoms with Gasteiger partial charge >= 0.3 is 0 Å². The second-order valence-electron chi connectivity index (χ2n) is 7.14. The molecule has 2 aliphatic heterocycles. The highest BCUT2D eigenvalue weighted by Gasteiger charge is 2.41.